The van der Waals surface area contributed by atoms with E-state index in [0.717, 1.165) is 0 Å². The molecule has 12 heavy (non-hydrogen) atoms. The minimum Gasteiger partial charge on any atom is -0.183 e. The zero-order chi connectivity index (χ0) is 10.2. The van der Waals surface area contributed by atoms with Gasteiger partial charge in [-0.1, -0.05) is 0 Å². The lowest BCUT2D eigenvalue weighted by molar-refractivity contribution is -1.92. The van der Waals surface area contributed by atoms with Crippen LogP contribution in [-0.4, -0.2) is 11.5 Å². The topological polar surface area (TPSA) is 78.4 Å². The lowest BCUT2D eigenvalue weighted by atomic mass is 10.7. The standard InChI is InChI=1S/C2Cl2F4O4/c3-1(5,6)2(7,8)12-4(9,10)11. The molecule has 0 aliphatic heterocycles. The van der Waals surface area contributed by atoms with Crippen LogP contribution in [0.1, 0.15) is 0 Å². The Kier molecular flexibility index (Phi) is 3.16. The quantitative estimate of drug-likeness (QED) is 0.432. The van der Waals surface area contributed by atoms with E-state index in [1.807, 2.05) is 0 Å². The summed E-state index contributed by atoms with van der Waals surface area (Å²) in [5, 5.41) is -5.27. The Morgan fingerprint density at radius 2 is 1.42 bits per heavy atom. The van der Waals surface area contributed by atoms with E-state index < -0.39 is 21.7 Å². The van der Waals surface area contributed by atoms with E-state index in [-0.39, 0.29) is 0 Å². The summed E-state index contributed by atoms with van der Waals surface area (Å²) < 4.78 is 76.9. The predicted octanol–water partition coefficient (Wildman–Crippen LogP) is -1.68. The number of hydrogen-bond acceptors (Lipinski definition) is 4. The molecule has 74 valence electrons. The van der Waals surface area contributed by atoms with Gasteiger partial charge in [0.05, 0.1) is 10.2 Å². The molecule has 0 aromatic carbocycles. The molecule has 0 unspecified atom stereocenters. The third-order valence-corrected chi connectivity index (χ3v) is 1.12. The summed E-state index contributed by atoms with van der Waals surface area (Å²) in [6.45, 7) is 0. The largest absolute Gasteiger partial charge is 0.581 e. The predicted molar refractivity (Wildman–Crippen MR) is 16.8 cm³/mol. The highest BCUT2D eigenvalue weighted by atomic mass is 35.7. The number of halogens is 6. The molecule has 0 N–H and O–H groups in total. The van der Waals surface area contributed by atoms with Gasteiger partial charge in [0.15, 0.2) is 4.29 Å². The molecule has 0 amide bonds. The van der Waals surface area contributed by atoms with Crippen LogP contribution >= 0.6 is 11.6 Å². The molecule has 4 nitrogen and oxygen atoms in total. The molecule has 0 aromatic heterocycles. The number of hydrogen-bond donors (Lipinski definition) is 0. The molecule has 10 heteroatoms. The summed E-state index contributed by atoms with van der Waals surface area (Å²) in [6, 6.07) is 0. The van der Waals surface area contributed by atoms with Crippen LogP contribution in [0.3, 0.4) is 0 Å². The average Bonchev–Trinajstić information content (AvgIpc) is 1.52. The summed E-state index contributed by atoms with van der Waals surface area (Å²) in [7, 11) is -5.66. The lowest BCUT2D eigenvalue weighted by Crippen LogP contribution is -2.65. The highest BCUT2D eigenvalue weighted by molar-refractivity contribution is 6.22. The third kappa shape index (κ3) is 3.70. The Hall–Kier alpha value is 0.140. The van der Waals surface area contributed by atoms with Gasteiger partial charge in [-0.2, -0.15) is 31.5 Å². The summed E-state index contributed by atoms with van der Waals surface area (Å²) in [4.78, 5) is 0. The fourth-order valence-electron chi connectivity index (χ4n) is 0.162. The molecule has 0 radical (unpaired) electrons. The minimum absolute atomic E-state index is 2.16. The average molecular weight is 235 g/mol. The molecular formula is C2Cl2F4O4. The van der Waals surface area contributed by atoms with Crippen molar-refractivity contribution in [2.75, 3.05) is 0 Å². The fourth-order valence-corrected chi connectivity index (χ4v) is 0.575. The maximum atomic E-state index is 11.7. The fraction of sp³-hybridized carbons (Fsp3) is 1.00. The zero-order valence-electron chi connectivity index (χ0n) is 4.90. The van der Waals surface area contributed by atoms with Crippen LogP contribution in [0, 0.1) is 10.2 Å². The van der Waals surface area contributed by atoms with Crippen molar-refractivity contribution >= 4 is 11.6 Å². The van der Waals surface area contributed by atoms with Gasteiger partial charge in [-0.05, 0) is 11.6 Å². The third-order valence-electron chi connectivity index (χ3n) is 0.521. The highest BCUT2D eigenvalue weighted by Crippen LogP contribution is 2.39. The van der Waals surface area contributed by atoms with Crippen LogP contribution in [-0.2, 0) is 4.29 Å². The molecule has 0 heterocycles. The second kappa shape index (κ2) is 3.13. The van der Waals surface area contributed by atoms with Crippen molar-refractivity contribution in [3.05, 3.63) is 0 Å². The number of alkyl halides is 5. The zero-order valence-corrected chi connectivity index (χ0v) is 6.41. The van der Waals surface area contributed by atoms with Gasteiger partial charge >= 0.3 is 11.5 Å². The summed E-state index contributed by atoms with van der Waals surface area (Å²) in [6.07, 6.45) is -5.56. The van der Waals surface area contributed by atoms with Crippen LogP contribution in [0.5, 0.6) is 0 Å². The van der Waals surface area contributed by atoms with Crippen molar-refractivity contribution in [3.63, 3.8) is 0 Å². The van der Waals surface area contributed by atoms with Gasteiger partial charge in [0.2, 0.25) is 0 Å². The van der Waals surface area contributed by atoms with Crippen LogP contribution in [0.15, 0.2) is 0 Å². The van der Waals surface area contributed by atoms with Crippen molar-refractivity contribution in [1.82, 2.24) is 0 Å². The lowest BCUT2D eigenvalue weighted by Gasteiger charge is -2.19. The Morgan fingerprint density at radius 1 is 1.08 bits per heavy atom. The van der Waals surface area contributed by atoms with Crippen molar-refractivity contribution < 1.29 is 46.1 Å². The Bertz CT molecular complexity index is 161. The van der Waals surface area contributed by atoms with E-state index in [2.05, 4.69) is 15.9 Å². The normalized spacial score (nSPS) is 15.0. The molecule has 0 saturated carbocycles. The van der Waals surface area contributed by atoms with E-state index in [1.165, 1.54) is 0 Å². The smallest absolute Gasteiger partial charge is 0.183 e. The Labute approximate surface area is 70.0 Å². The van der Waals surface area contributed by atoms with Crippen LogP contribution in [0.2, 0.25) is 0 Å². The summed E-state index contributed by atoms with van der Waals surface area (Å²) >= 11 is 3.71. The highest BCUT2D eigenvalue weighted by Gasteiger charge is 2.68. The van der Waals surface area contributed by atoms with Crippen molar-refractivity contribution in [2.45, 2.75) is 11.5 Å². The maximum absolute atomic E-state index is 11.7. The van der Waals surface area contributed by atoms with E-state index in [4.69, 9.17) is 0 Å². The molecule has 0 aromatic rings. The number of rotatable bonds is 3. The van der Waals surface area contributed by atoms with E-state index in [9.17, 15) is 31.5 Å². The van der Waals surface area contributed by atoms with E-state index >= 15 is 0 Å². The van der Waals surface area contributed by atoms with Gasteiger partial charge in [0.25, 0.3) is 0 Å². The van der Waals surface area contributed by atoms with Gasteiger partial charge in [-0.25, -0.2) is 0 Å². The van der Waals surface area contributed by atoms with E-state index in [0.29, 0.717) is 0 Å². The van der Waals surface area contributed by atoms with Crippen molar-refractivity contribution in [3.8, 4) is 0 Å². The maximum Gasteiger partial charge on any atom is 0.581 e. The molecule has 0 aliphatic rings. The van der Waals surface area contributed by atoms with Gasteiger partial charge in [-0.15, -0.1) is 0 Å². The van der Waals surface area contributed by atoms with Gasteiger partial charge in [-0.3, -0.25) is 0 Å². The first kappa shape index (κ1) is 12.1. The summed E-state index contributed by atoms with van der Waals surface area (Å²) in [5.41, 5.74) is 0. The van der Waals surface area contributed by atoms with Crippen molar-refractivity contribution in [2.24, 2.45) is 0 Å². The van der Waals surface area contributed by atoms with Gasteiger partial charge in [0, 0.05) is 0 Å². The van der Waals surface area contributed by atoms with Crippen LogP contribution in [0.4, 0.5) is 17.6 Å². The first-order valence-corrected chi connectivity index (χ1v) is 3.63. The van der Waals surface area contributed by atoms with E-state index in [1.54, 1.807) is 0 Å². The monoisotopic (exact) mass is 234 g/mol. The first-order valence-electron chi connectivity index (χ1n) is 2.02. The second-order valence-electron chi connectivity index (χ2n) is 1.47. The molecule has 0 bridgehead atoms. The Morgan fingerprint density at radius 3 is 1.50 bits per heavy atom. The minimum atomic E-state index is -5.66. The second-order valence-corrected chi connectivity index (χ2v) is 2.85. The summed E-state index contributed by atoms with van der Waals surface area (Å²) in [5.74, 6) is 0. The SMILES string of the molecule is [O-][Cl+3]([O-])([O-])OC(F)(F)C(F)(F)Cl. The van der Waals surface area contributed by atoms with Crippen LogP contribution < -0.4 is 14.0 Å². The molecule has 0 fully saturated rings. The van der Waals surface area contributed by atoms with Crippen LogP contribution in [0.25, 0.3) is 0 Å². The molecule has 0 rings (SSSR count). The van der Waals surface area contributed by atoms with Crippen molar-refractivity contribution in [1.29, 1.82) is 0 Å². The van der Waals surface area contributed by atoms with Gasteiger partial charge < -0.3 is 0 Å². The first-order chi connectivity index (χ1) is 4.96. The molecular weight excluding hydrogens is 235 g/mol. The molecule has 0 saturated heterocycles. The Balaban J connectivity index is 4.44. The van der Waals surface area contributed by atoms with Gasteiger partial charge in [0.1, 0.15) is 0 Å². The molecule has 0 aliphatic carbocycles. The molecule has 0 atom stereocenters. The molecule has 0 spiro atoms.